The van der Waals surface area contributed by atoms with Crippen LogP contribution in [0.3, 0.4) is 0 Å². The Bertz CT molecular complexity index is 1080. The number of hydrogen-bond acceptors (Lipinski definition) is 3. The largest absolute Gasteiger partial charge is 0.331 e. The van der Waals surface area contributed by atoms with Gasteiger partial charge in [-0.15, -0.1) is 0 Å². The quantitative estimate of drug-likeness (QED) is 0.785. The number of hydrogen-bond donors (Lipinski definition) is 1. The molecule has 3 rings (SSSR count). The highest BCUT2D eigenvalue weighted by molar-refractivity contribution is 5.91. The zero-order valence-electron chi connectivity index (χ0n) is 15.0. The minimum absolute atomic E-state index is 0.167. The second-order valence-electron chi connectivity index (χ2n) is 6.57. The fraction of sp³-hybridized carbons (Fsp3) is 0.250. The molecular weight excluding hydrogens is 330 g/mol. The number of anilines is 1. The molecule has 0 bridgehead atoms. The second kappa shape index (κ2) is 7.00. The van der Waals surface area contributed by atoms with Crippen molar-refractivity contribution in [1.29, 1.82) is 0 Å². The molecule has 0 atom stereocenters. The monoisotopic (exact) mass is 351 g/mol. The van der Waals surface area contributed by atoms with Crippen LogP contribution in [0.4, 0.5) is 5.69 Å². The summed E-state index contributed by atoms with van der Waals surface area (Å²) in [6.07, 6.45) is 0. The third kappa shape index (κ3) is 3.31. The molecule has 0 saturated carbocycles. The maximum atomic E-state index is 12.5. The Morgan fingerprint density at radius 1 is 1.04 bits per heavy atom. The number of aromatic nitrogens is 2. The number of nitrogens with one attached hydrogen (secondary N) is 1. The Hall–Kier alpha value is -3.15. The lowest BCUT2D eigenvalue weighted by molar-refractivity contribution is -0.116. The third-order valence-corrected chi connectivity index (χ3v) is 4.41. The summed E-state index contributed by atoms with van der Waals surface area (Å²) in [6, 6.07) is 14.4. The molecule has 2 aromatic carbocycles. The van der Waals surface area contributed by atoms with E-state index < -0.39 is 5.69 Å². The molecule has 0 aliphatic heterocycles. The first kappa shape index (κ1) is 17.7. The van der Waals surface area contributed by atoms with Crippen molar-refractivity contribution in [3.63, 3.8) is 0 Å². The van der Waals surface area contributed by atoms with Gasteiger partial charge in [-0.3, -0.25) is 18.7 Å². The van der Waals surface area contributed by atoms with Crippen molar-refractivity contribution in [2.75, 3.05) is 5.32 Å². The van der Waals surface area contributed by atoms with Gasteiger partial charge in [0.05, 0.1) is 10.9 Å². The van der Waals surface area contributed by atoms with E-state index in [4.69, 9.17) is 0 Å². The Labute approximate surface area is 150 Å². The molecule has 0 unspecified atom stereocenters. The van der Waals surface area contributed by atoms with Gasteiger partial charge >= 0.3 is 5.69 Å². The van der Waals surface area contributed by atoms with Crippen LogP contribution in [0.15, 0.2) is 58.1 Å². The molecule has 0 saturated heterocycles. The standard InChI is InChI=1S/C20H21N3O3/c1-13(2)14-8-10-15(11-9-14)21-18(24)12-23-17-7-5-4-6-16(17)19(25)22(3)20(23)26/h4-11,13H,12H2,1-3H3,(H,21,24). The fourth-order valence-corrected chi connectivity index (χ4v) is 2.89. The van der Waals surface area contributed by atoms with Crippen LogP contribution in [0, 0.1) is 0 Å². The maximum Gasteiger partial charge on any atom is 0.331 e. The molecule has 26 heavy (non-hydrogen) atoms. The third-order valence-electron chi connectivity index (χ3n) is 4.41. The number of fused-ring (bicyclic) bond motifs is 1. The number of carbonyl (C=O) groups excluding carboxylic acids is 1. The van der Waals surface area contributed by atoms with E-state index in [9.17, 15) is 14.4 Å². The number of rotatable bonds is 4. The van der Waals surface area contributed by atoms with E-state index in [2.05, 4.69) is 19.2 Å². The molecule has 1 N–H and O–H groups in total. The minimum Gasteiger partial charge on any atom is -0.325 e. The molecule has 3 aromatic rings. The van der Waals surface area contributed by atoms with Crippen molar-refractivity contribution < 1.29 is 4.79 Å². The number of nitrogens with zero attached hydrogens (tertiary/aromatic N) is 2. The molecule has 0 aliphatic rings. The fourth-order valence-electron chi connectivity index (χ4n) is 2.89. The van der Waals surface area contributed by atoms with Gasteiger partial charge in [-0.25, -0.2) is 4.79 Å². The molecule has 6 nitrogen and oxygen atoms in total. The lowest BCUT2D eigenvalue weighted by atomic mass is 10.0. The van der Waals surface area contributed by atoms with Gasteiger partial charge in [-0.2, -0.15) is 0 Å². The molecule has 0 spiro atoms. The summed E-state index contributed by atoms with van der Waals surface area (Å²) < 4.78 is 2.33. The number of benzene rings is 2. The first-order chi connectivity index (χ1) is 12.4. The second-order valence-corrected chi connectivity index (χ2v) is 6.57. The molecule has 134 valence electrons. The molecule has 1 amide bonds. The van der Waals surface area contributed by atoms with Crippen molar-refractivity contribution in [2.24, 2.45) is 7.05 Å². The van der Waals surface area contributed by atoms with E-state index in [1.54, 1.807) is 24.3 Å². The zero-order valence-corrected chi connectivity index (χ0v) is 15.0. The lowest BCUT2D eigenvalue weighted by Gasteiger charge is -2.12. The summed E-state index contributed by atoms with van der Waals surface area (Å²) in [7, 11) is 1.41. The molecule has 0 radical (unpaired) electrons. The van der Waals surface area contributed by atoms with E-state index in [0.717, 1.165) is 4.57 Å². The highest BCUT2D eigenvalue weighted by Gasteiger charge is 2.13. The maximum absolute atomic E-state index is 12.5. The van der Waals surface area contributed by atoms with Crippen LogP contribution in [0.25, 0.3) is 10.9 Å². The SMILES string of the molecule is CC(C)c1ccc(NC(=O)Cn2c(=O)n(C)c(=O)c3ccccc32)cc1. The first-order valence-corrected chi connectivity index (χ1v) is 8.47. The first-order valence-electron chi connectivity index (χ1n) is 8.47. The van der Waals surface area contributed by atoms with Gasteiger partial charge in [0, 0.05) is 12.7 Å². The zero-order chi connectivity index (χ0) is 18.8. The van der Waals surface area contributed by atoms with Gasteiger partial charge < -0.3 is 5.32 Å². The van der Waals surface area contributed by atoms with Crippen molar-refractivity contribution in [3.05, 3.63) is 74.9 Å². The average Bonchev–Trinajstić information content (AvgIpc) is 2.64. The summed E-state index contributed by atoms with van der Waals surface area (Å²) in [5, 5.41) is 3.20. The van der Waals surface area contributed by atoms with Gasteiger partial charge in [0.25, 0.3) is 5.56 Å². The van der Waals surface area contributed by atoms with Crippen molar-refractivity contribution in [3.8, 4) is 0 Å². The molecule has 1 heterocycles. The Balaban J connectivity index is 1.90. The van der Waals surface area contributed by atoms with E-state index in [1.807, 2.05) is 24.3 Å². The predicted octanol–water partition coefficient (Wildman–Crippen LogP) is 2.46. The van der Waals surface area contributed by atoms with Crippen LogP contribution in [0.2, 0.25) is 0 Å². The number of amides is 1. The molecular formula is C20H21N3O3. The Morgan fingerprint density at radius 3 is 2.35 bits per heavy atom. The summed E-state index contributed by atoms with van der Waals surface area (Å²) in [4.78, 5) is 37.1. The van der Waals surface area contributed by atoms with E-state index in [-0.39, 0.29) is 18.0 Å². The predicted molar refractivity (Wildman–Crippen MR) is 103 cm³/mol. The summed E-state index contributed by atoms with van der Waals surface area (Å²) >= 11 is 0. The van der Waals surface area contributed by atoms with Crippen LogP contribution >= 0.6 is 0 Å². The van der Waals surface area contributed by atoms with Crippen LogP contribution in [-0.4, -0.2) is 15.0 Å². The minimum atomic E-state index is -0.515. The van der Waals surface area contributed by atoms with Crippen LogP contribution in [0.5, 0.6) is 0 Å². The highest BCUT2D eigenvalue weighted by atomic mass is 16.2. The molecule has 1 aromatic heterocycles. The van der Waals surface area contributed by atoms with Gasteiger partial charge in [-0.05, 0) is 35.7 Å². The normalized spacial score (nSPS) is 11.1. The van der Waals surface area contributed by atoms with E-state index in [0.29, 0.717) is 22.5 Å². The van der Waals surface area contributed by atoms with Crippen molar-refractivity contribution in [1.82, 2.24) is 9.13 Å². The highest BCUT2D eigenvalue weighted by Crippen LogP contribution is 2.17. The summed E-state index contributed by atoms with van der Waals surface area (Å²) in [6.45, 7) is 4.04. The lowest BCUT2D eigenvalue weighted by Crippen LogP contribution is -2.40. The molecule has 0 fully saturated rings. The average molecular weight is 351 g/mol. The Kier molecular flexibility index (Phi) is 4.75. The smallest absolute Gasteiger partial charge is 0.325 e. The number of para-hydroxylation sites is 1. The van der Waals surface area contributed by atoms with Gasteiger partial charge in [0.2, 0.25) is 5.91 Å². The number of carbonyl (C=O) groups is 1. The van der Waals surface area contributed by atoms with Gasteiger partial charge in [0.15, 0.2) is 0 Å². The van der Waals surface area contributed by atoms with Crippen LogP contribution < -0.4 is 16.6 Å². The van der Waals surface area contributed by atoms with E-state index in [1.165, 1.54) is 17.2 Å². The Morgan fingerprint density at radius 2 is 1.69 bits per heavy atom. The molecule has 0 aliphatic carbocycles. The van der Waals surface area contributed by atoms with E-state index >= 15 is 0 Å². The topological polar surface area (TPSA) is 73.1 Å². The summed E-state index contributed by atoms with van der Waals surface area (Å²) in [5.74, 6) is 0.0866. The van der Waals surface area contributed by atoms with Gasteiger partial charge in [-0.1, -0.05) is 38.1 Å². The van der Waals surface area contributed by atoms with Crippen LogP contribution in [0.1, 0.15) is 25.3 Å². The summed E-state index contributed by atoms with van der Waals surface area (Å²) in [5.41, 5.74) is 1.42. The van der Waals surface area contributed by atoms with Gasteiger partial charge in [0.1, 0.15) is 6.54 Å². The van der Waals surface area contributed by atoms with Crippen LogP contribution in [-0.2, 0) is 18.4 Å². The molecule has 6 heteroatoms. The van der Waals surface area contributed by atoms with Crippen molar-refractivity contribution in [2.45, 2.75) is 26.3 Å². The van der Waals surface area contributed by atoms with Crippen molar-refractivity contribution >= 4 is 22.5 Å².